The van der Waals surface area contributed by atoms with E-state index in [9.17, 15) is 5.11 Å². The van der Waals surface area contributed by atoms with Crippen LogP contribution in [0.15, 0.2) is 23.2 Å². The summed E-state index contributed by atoms with van der Waals surface area (Å²) in [5, 5.41) is 10.7. The van der Waals surface area contributed by atoms with E-state index >= 15 is 0 Å². The largest absolute Gasteiger partial charge is 0.497 e. The molecule has 0 saturated carbocycles. The van der Waals surface area contributed by atoms with Crippen LogP contribution in [0.1, 0.15) is 16.9 Å². The summed E-state index contributed by atoms with van der Waals surface area (Å²) in [6.45, 7) is 5.24. The van der Waals surface area contributed by atoms with Crippen LogP contribution in [0.5, 0.6) is 11.6 Å². The van der Waals surface area contributed by atoms with Gasteiger partial charge in [0, 0.05) is 43.5 Å². The van der Waals surface area contributed by atoms with Gasteiger partial charge in [-0.2, -0.15) is 0 Å². The molecule has 1 N–H and O–H groups in total. The molecule has 2 aliphatic heterocycles. The molecule has 4 rings (SSSR count). The molecule has 8 heteroatoms. The van der Waals surface area contributed by atoms with Gasteiger partial charge in [-0.05, 0) is 42.9 Å². The van der Waals surface area contributed by atoms with Crippen molar-refractivity contribution in [3.05, 3.63) is 32.6 Å². The molecule has 28 heavy (non-hydrogen) atoms. The van der Waals surface area contributed by atoms with E-state index in [0.29, 0.717) is 10.5 Å². The number of hydrogen-bond acceptors (Lipinski definition) is 7. The van der Waals surface area contributed by atoms with Crippen LogP contribution in [0.2, 0.25) is 0 Å². The number of methoxy groups -OCH3 is 1. The van der Waals surface area contributed by atoms with Crippen LogP contribution in [0.3, 0.4) is 0 Å². The number of aromatic hydroxyl groups is 1. The minimum Gasteiger partial charge on any atom is -0.497 e. The third kappa shape index (κ3) is 4.05. The lowest BCUT2D eigenvalue weighted by molar-refractivity contribution is 0.0368. The zero-order chi connectivity index (χ0) is 19.5. The van der Waals surface area contributed by atoms with Gasteiger partial charge in [0.2, 0.25) is 5.88 Å². The average molecular weight is 418 g/mol. The zero-order valence-corrected chi connectivity index (χ0v) is 17.4. The molecule has 2 aliphatic rings. The van der Waals surface area contributed by atoms with Crippen LogP contribution in [0.4, 0.5) is 5.69 Å². The van der Waals surface area contributed by atoms with E-state index in [1.165, 1.54) is 11.3 Å². The van der Waals surface area contributed by atoms with Gasteiger partial charge >= 0.3 is 0 Å². The minimum atomic E-state index is 0.231. The Morgan fingerprint density at radius 2 is 2.14 bits per heavy atom. The first-order valence-electron chi connectivity index (χ1n) is 9.32. The Bertz CT molecular complexity index is 972. The Kier molecular flexibility index (Phi) is 5.91. The molecule has 0 unspecified atom stereocenters. The normalized spacial score (nSPS) is 18.0. The predicted molar refractivity (Wildman–Crippen MR) is 116 cm³/mol. The van der Waals surface area contributed by atoms with Crippen molar-refractivity contribution in [2.75, 3.05) is 40.0 Å². The quantitative estimate of drug-likeness (QED) is 0.721. The Balaban J connectivity index is 1.50. The lowest BCUT2D eigenvalue weighted by Crippen LogP contribution is -2.37. The lowest BCUT2D eigenvalue weighted by atomic mass is 10.1. The smallest absolute Gasteiger partial charge is 0.210 e. The van der Waals surface area contributed by atoms with E-state index in [4.69, 9.17) is 21.7 Å². The van der Waals surface area contributed by atoms with Gasteiger partial charge in [-0.1, -0.05) is 0 Å². The number of allylic oxidation sites excluding steroid dienone is 1. The maximum Gasteiger partial charge on any atom is 0.210 e. The molecule has 0 aliphatic carbocycles. The Morgan fingerprint density at radius 1 is 1.32 bits per heavy atom. The number of ether oxygens (including phenoxy) is 2. The van der Waals surface area contributed by atoms with E-state index in [0.717, 1.165) is 66.7 Å². The van der Waals surface area contributed by atoms with Crippen molar-refractivity contribution in [3.63, 3.8) is 0 Å². The predicted octanol–water partition coefficient (Wildman–Crippen LogP) is 3.97. The number of rotatable bonds is 6. The van der Waals surface area contributed by atoms with Gasteiger partial charge in [-0.3, -0.25) is 14.5 Å². The fraction of sp³-hybridized carbons (Fsp3) is 0.400. The highest BCUT2D eigenvalue weighted by atomic mass is 32.1. The third-order valence-electron chi connectivity index (χ3n) is 5.00. The molecule has 1 fully saturated rings. The minimum absolute atomic E-state index is 0.231. The molecule has 1 aromatic heterocycles. The Hall–Kier alpha value is -2.00. The van der Waals surface area contributed by atoms with Crippen LogP contribution < -0.4 is 4.74 Å². The fourth-order valence-electron chi connectivity index (χ4n) is 3.43. The number of hydrogen-bond donors (Lipinski definition) is 1. The van der Waals surface area contributed by atoms with E-state index in [-0.39, 0.29) is 5.88 Å². The van der Waals surface area contributed by atoms with E-state index in [1.54, 1.807) is 7.11 Å². The van der Waals surface area contributed by atoms with Crippen molar-refractivity contribution in [1.82, 2.24) is 9.47 Å². The van der Waals surface area contributed by atoms with Crippen LogP contribution in [-0.2, 0) is 11.3 Å². The van der Waals surface area contributed by atoms with Crippen LogP contribution in [0.25, 0.3) is 11.6 Å². The molecule has 1 saturated heterocycles. The molecule has 0 atom stereocenters. The second-order valence-electron chi connectivity index (χ2n) is 6.76. The maximum atomic E-state index is 10.7. The third-order valence-corrected chi connectivity index (χ3v) is 6.38. The second-order valence-corrected chi connectivity index (χ2v) is 8.43. The molecular weight excluding hydrogens is 394 g/mol. The number of benzene rings is 1. The molecule has 148 valence electrons. The van der Waals surface area contributed by atoms with Gasteiger partial charge in [0.05, 0.1) is 30.9 Å². The number of fused-ring (bicyclic) bond motifs is 1. The summed E-state index contributed by atoms with van der Waals surface area (Å²) in [6.07, 6.45) is 4.70. The van der Waals surface area contributed by atoms with Crippen LogP contribution in [-0.4, -0.2) is 60.7 Å². The van der Waals surface area contributed by atoms with Gasteiger partial charge < -0.3 is 14.6 Å². The number of thiazole rings is 1. The lowest BCUT2D eigenvalue weighted by Gasteiger charge is -2.26. The number of aromatic nitrogens is 1. The summed E-state index contributed by atoms with van der Waals surface area (Å²) in [4.78, 5) is 7.58. The van der Waals surface area contributed by atoms with Crippen LogP contribution >= 0.6 is 23.6 Å². The maximum absolute atomic E-state index is 10.7. The summed E-state index contributed by atoms with van der Waals surface area (Å²) in [5.74, 6) is 1.02. The Morgan fingerprint density at radius 3 is 2.93 bits per heavy atom. The summed E-state index contributed by atoms with van der Waals surface area (Å²) in [7, 11) is 1.65. The highest BCUT2D eigenvalue weighted by molar-refractivity contribution is 7.73. The molecule has 0 bridgehead atoms. The molecular formula is C20H23N3O3S2. The molecule has 0 spiro atoms. The second kappa shape index (κ2) is 8.57. The van der Waals surface area contributed by atoms with Gasteiger partial charge in [-0.15, -0.1) is 11.3 Å². The van der Waals surface area contributed by atoms with Crippen molar-refractivity contribution in [1.29, 1.82) is 0 Å². The van der Waals surface area contributed by atoms with E-state index < -0.39 is 0 Å². The standard InChI is InChI=1S/C20H23N3O3S2/c1-25-15-3-4-17-16(12-15)14(13-21-17)11-18-19(24)23(20(27)28-18)6-2-5-22-7-9-26-10-8-22/h3-4,11-13,24H,2,5-10H2,1H3. The number of morpholine rings is 1. The topological polar surface area (TPSA) is 59.2 Å². The first-order valence-corrected chi connectivity index (χ1v) is 10.5. The molecule has 6 nitrogen and oxygen atoms in total. The van der Waals surface area contributed by atoms with Crippen molar-refractivity contribution in [2.45, 2.75) is 13.0 Å². The fourth-order valence-corrected chi connectivity index (χ4v) is 4.74. The van der Waals surface area contributed by atoms with Crippen molar-refractivity contribution >= 4 is 47.1 Å². The summed E-state index contributed by atoms with van der Waals surface area (Å²) >= 11 is 6.92. The van der Waals surface area contributed by atoms with Crippen LogP contribution in [0, 0.1) is 3.95 Å². The van der Waals surface area contributed by atoms with E-state index in [2.05, 4.69) is 9.89 Å². The Labute approximate surface area is 173 Å². The number of aliphatic imine (C=N–C) groups is 1. The van der Waals surface area contributed by atoms with Crippen molar-refractivity contribution in [3.8, 4) is 11.6 Å². The monoisotopic (exact) mass is 417 g/mol. The zero-order valence-electron chi connectivity index (χ0n) is 15.8. The highest BCUT2D eigenvalue weighted by Crippen LogP contribution is 2.37. The van der Waals surface area contributed by atoms with Gasteiger partial charge in [0.25, 0.3) is 0 Å². The summed E-state index contributed by atoms with van der Waals surface area (Å²) in [6, 6.07) is 5.79. The molecule has 2 aromatic rings. The number of nitrogens with zero attached hydrogens (tertiary/aromatic N) is 3. The first-order chi connectivity index (χ1) is 13.7. The summed E-state index contributed by atoms with van der Waals surface area (Å²) in [5.41, 5.74) is 2.85. The molecule has 0 amide bonds. The van der Waals surface area contributed by atoms with Gasteiger partial charge in [-0.25, -0.2) is 0 Å². The molecule has 3 heterocycles. The summed E-state index contributed by atoms with van der Waals surface area (Å²) < 4.78 is 13.2. The molecule has 0 radical (unpaired) electrons. The van der Waals surface area contributed by atoms with Gasteiger partial charge in [0.15, 0.2) is 3.95 Å². The average Bonchev–Trinajstić information content (AvgIpc) is 3.24. The first kappa shape index (κ1) is 19.3. The van der Waals surface area contributed by atoms with E-state index in [1.807, 2.05) is 35.1 Å². The SMILES string of the molecule is COc1ccc2c(c1)C(=Cc1sc(=S)n(CCCN3CCOCC3)c1O)C=N2. The van der Waals surface area contributed by atoms with Gasteiger partial charge in [0.1, 0.15) is 5.75 Å². The highest BCUT2D eigenvalue weighted by Gasteiger charge is 2.17. The van der Waals surface area contributed by atoms with Crippen molar-refractivity contribution in [2.24, 2.45) is 4.99 Å². The molecule has 1 aromatic carbocycles. The van der Waals surface area contributed by atoms with Crippen molar-refractivity contribution < 1.29 is 14.6 Å².